The number of rotatable bonds is 0. The monoisotopic (exact) mass is 429 g/mol. The molecule has 0 amide bonds. The molecule has 164 valence electrons. The first kappa shape index (κ1) is 19.6. The molecule has 9 nitrogen and oxygen atoms in total. The van der Waals surface area contributed by atoms with Crippen molar-refractivity contribution in [3.8, 4) is 0 Å². The molecular formula is C23H27N9. The maximum atomic E-state index is 6.62. The Labute approximate surface area is 183 Å². The van der Waals surface area contributed by atoms with Crippen molar-refractivity contribution in [1.29, 1.82) is 0 Å². The zero-order chi connectivity index (χ0) is 23.5. The smallest absolute Gasteiger partial charge is 0.0809 e. The van der Waals surface area contributed by atoms with Crippen molar-refractivity contribution in [1.82, 2.24) is 0 Å². The largest absolute Gasteiger partial charge is 0.397 e. The van der Waals surface area contributed by atoms with Crippen LogP contribution in [0.25, 0.3) is 43.1 Å². The van der Waals surface area contributed by atoms with Crippen LogP contribution in [0.5, 0.6) is 0 Å². The molecule has 9 heteroatoms. The van der Waals surface area contributed by atoms with Gasteiger partial charge in [0.25, 0.3) is 0 Å². The summed E-state index contributed by atoms with van der Waals surface area (Å²) < 4.78 is 0. The van der Waals surface area contributed by atoms with Gasteiger partial charge in [0, 0.05) is 37.7 Å². The molecule has 0 radical (unpaired) electrons. The summed E-state index contributed by atoms with van der Waals surface area (Å²) in [6, 6.07) is 0. The van der Waals surface area contributed by atoms with Crippen LogP contribution < -0.4 is 51.6 Å². The third-order valence-corrected chi connectivity index (χ3v) is 7.18. The highest BCUT2D eigenvalue weighted by Gasteiger charge is 2.28. The topological polar surface area (TPSA) is 234 Å². The van der Waals surface area contributed by atoms with E-state index in [1.54, 1.807) is 0 Å². The zero-order valence-corrected chi connectivity index (χ0v) is 18.2. The molecule has 0 aromatic heterocycles. The third kappa shape index (κ3) is 1.85. The number of nitrogen functional groups attached to an aromatic ring is 9. The minimum Gasteiger partial charge on any atom is -0.397 e. The van der Waals surface area contributed by atoms with Crippen LogP contribution in [0.4, 0.5) is 51.2 Å². The van der Waals surface area contributed by atoms with Gasteiger partial charge in [0.2, 0.25) is 0 Å². The molecule has 0 atom stereocenters. The van der Waals surface area contributed by atoms with Gasteiger partial charge in [-0.2, -0.15) is 0 Å². The van der Waals surface area contributed by atoms with Gasteiger partial charge < -0.3 is 51.6 Å². The second-order valence-corrected chi connectivity index (χ2v) is 8.60. The van der Waals surface area contributed by atoms with Crippen LogP contribution in [0.3, 0.4) is 0 Å². The van der Waals surface area contributed by atoms with Crippen LogP contribution in [0.15, 0.2) is 0 Å². The predicted octanol–water partition coefficient (Wildman–Crippen LogP) is 2.90. The Bertz CT molecular complexity index is 1560. The fourth-order valence-corrected chi connectivity index (χ4v) is 5.33. The first-order chi connectivity index (χ1) is 14.9. The Kier molecular flexibility index (Phi) is 3.45. The zero-order valence-electron chi connectivity index (χ0n) is 18.2. The van der Waals surface area contributed by atoms with Gasteiger partial charge in [-0.15, -0.1) is 0 Å². The average molecular weight is 430 g/mol. The van der Waals surface area contributed by atoms with Crippen molar-refractivity contribution >= 4 is 94.3 Å². The summed E-state index contributed by atoms with van der Waals surface area (Å²) >= 11 is 0. The Balaban J connectivity index is 2.45. The molecule has 0 aliphatic rings. The lowest BCUT2D eigenvalue weighted by molar-refractivity contribution is 1.40. The average Bonchev–Trinajstić information content (AvgIpc) is 2.76. The molecule has 0 saturated heterocycles. The number of benzene rings is 5. The Morgan fingerprint density at radius 2 is 0.531 bits per heavy atom. The van der Waals surface area contributed by atoms with E-state index >= 15 is 0 Å². The molecule has 0 aliphatic heterocycles. The summed E-state index contributed by atoms with van der Waals surface area (Å²) in [5.74, 6) is 0. The normalized spacial score (nSPS) is 12.1. The molecule has 0 aliphatic carbocycles. The maximum absolute atomic E-state index is 6.62. The van der Waals surface area contributed by atoms with Crippen LogP contribution in [0, 0.1) is 20.8 Å². The lowest BCUT2D eigenvalue weighted by Gasteiger charge is -2.26. The van der Waals surface area contributed by atoms with Crippen molar-refractivity contribution < 1.29 is 0 Å². The van der Waals surface area contributed by atoms with E-state index in [2.05, 4.69) is 0 Å². The minimum absolute atomic E-state index is 0.173. The summed E-state index contributed by atoms with van der Waals surface area (Å²) in [6.45, 7) is 5.96. The van der Waals surface area contributed by atoms with Crippen molar-refractivity contribution in [3.05, 3.63) is 16.7 Å². The number of aryl methyl sites for hydroxylation is 3. The van der Waals surface area contributed by atoms with E-state index in [9.17, 15) is 0 Å². The first-order valence-electron chi connectivity index (χ1n) is 10.1. The first-order valence-corrected chi connectivity index (χ1v) is 10.1. The van der Waals surface area contributed by atoms with Crippen molar-refractivity contribution in [3.63, 3.8) is 0 Å². The number of hydrogen-bond acceptors (Lipinski definition) is 9. The van der Waals surface area contributed by atoms with Crippen LogP contribution in [-0.2, 0) is 0 Å². The number of anilines is 9. The van der Waals surface area contributed by atoms with E-state index in [0.717, 1.165) is 38.2 Å². The van der Waals surface area contributed by atoms with Gasteiger partial charge >= 0.3 is 0 Å². The van der Waals surface area contributed by atoms with E-state index in [1.165, 1.54) is 0 Å². The molecule has 0 heterocycles. The second-order valence-electron chi connectivity index (χ2n) is 8.60. The van der Waals surface area contributed by atoms with Crippen LogP contribution in [-0.4, -0.2) is 0 Å². The molecule has 0 bridgehead atoms. The molecular weight excluding hydrogens is 402 g/mol. The SMILES string of the molecule is Cc1c(N)c(N)c2c3c(N)c(N)c(N)c(N)c3c3c(N)c(N)c(N)c4c(C)c(C)c1c2c43. The summed E-state index contributed by atoms with van der Waals surface area (Å²) in [5, 5.41) is 5.77. The minimum atomic E-state index is 0.173. The van der Waals surface area contributed by atoms with E-state index in [1.807, 2.05) is 20.8 Å². The third-order valence-electron chi connectivity index (χ3n) is 7.18. The molecule has 0 spiro atoms. The second kappa shape index (κ2) is 5.64. The molecule has 5 aromatic rings. The highest BCUT2D eigenvalue weighted by atomic mass is 14.8. The molecule has 0 fully saturated rings. The molecule has 32 heavy (non-hydrogen) atoms. The summed E-state index contributed by atoms with van der Waals surface area (Å²) in [6.07, 6.45) is 0. The maximum Gasteiger partial charge on any atom is 0.0809 e. The van der Waals surface area contributed by atoms with Gasteiger partial charge in [-0.1, -0.05) is 0 Å². The van der Waals surface area contributed by atoms with E-state index in [4.69, 9.17) is 51.6 Å². The predicted molar refractivity (Wildman–Crippen MR) is 142 cm³/mol. The summed E-state index contributed by atoms with van der Waals surface area (Å²) in [4.78, 5) is 0. The number of hydrogen-bond donors (Lipinski definition) is 9. The van der Waals surface area contributed by atoms with E-state index in [-0.39, 0.29) is 28.4 Å². The highest BCUT2D eigenvalue weighted by Crippen LogP contribution is 2.56. The molecule has 18 N–H and O–H groups in total. The summed E-state index contributed by atoms with van der Waals surface area (Å²) in [7, 11) is 0. The Morgan fingerprint density at radius 3 is 1.00 bits per heavy atom. The molecule has 5 aromatic carbocycles. The number of fused-ring (bicyclic) bond motifs is 3. The van der Waals surface area contributed by atoms with Crippen LogP contribution in [0.1, 0.15) is 16.7 Å². The van der Waals surface area contributed by atoms with Crippen molar-refractivity contribution in [2.24, 2.45) is 0 Å². The van der Waals surface area contributed by atoms with Crippen molar-refractivity contribution in [2.45, 2.75) is 20.8 Å². The molecule has 5 rings (SSSR count). The van der Waals surface area contributed by atoms with Gasteiger partial charge in [0.15, 0.2) is 0 Å². The Hall–Kier alpha value is -4.40. The fraction of sp³-hybridized carbons (Fsp3) is 0.130. The highest BCUT2D eigenvalue weighted by molar-refractivity contribution is 6.45. The Morgan fingerprint density at radius 1 is 0.250 bits per heavy atom. The van der Waals surface area contributed by atoms with Gasteiger partial charge in [-0.05, 0) is 42.8 Å². The lowest BCUT2D eigenvalue weighted by atomic mass is 9.80. The van der Waals surface area contributed by atoms with E-state index < -0.39 is 0 Å². The van der Waals surface area contributed by atoms with Gasteiger partial charge in [0.05, 0.1) is 51.2 Å². The van der Waals surface area contributed by atoms with Gasteiger partial charge in [-0.25, -0.2) is 0 Å². The van der Waals surface area contributed by atoms with Crippen LogP contribution in [0.2, 0.25) is 0 Å². The molecule has 0 saturated carbocycles. The van der Waals surface area contributed by atoms with Gasteiger partial charge in [-0.3, -0.25) is 0 Å². The quantitative estimate of drug-likeness (QED) is 0.0997. The fourth-order valence-electron chi connectivity index (χ4n) is 5.33. The van der Waals surface area contributed by atoms with Crippen LogP contribution >= 0.6 is 0 Å². The molecule has 0 unspecified atom stereocenters. The van der Waals surface area contributed by atoms with E-state index in [0.29, 0.717) is 44.3 Å². The lowest BCUT2D eigenvalue weighted by Crippen LogP contribution is -2.10. The summed E-state index contributed by atoms with van der Waals surface area (Å²) in [5.41, 5.74) is 63.6. The standard InChI is InChI=1S/C23H27N9/c1-4-5(2)8-10-9-7(4)6(3)15(24)17(26)11(9)13-14(12(10)18(27)21(30)16(8)25)20(29)23(32)22(31)19(13)28/h24-32H2,1-3H3. The van der Waals surface area contributed by atoms with Gasteiger partial charge in [0.1, 0.15) is 0 Å². The van der Waals surface area contributed by atoms with Crippen molar-refractivity contribution in [2.75, 3.05) is 51.6 Å². The number of nitrogens with two attached hydrogens (primary N) is 9.